The van der Waals surface area contributed by atoms with Crippen LogP contribution >= 0.6 is 12.2 Å². The lowest BCUT2D eigenvalue weighted by molar-refractivity contribution is -0.909. The Kier molecular flexibility index (Phi) is 6.17. The molecule has 0 bridgehead atoms. The lowest BCUT2D eigenvalue weighted by Gasteiger charge is -2.29. The van der Waals surface area contributed by atoms with Crippen LogP contribution in [0.1, 0.15) is 36.5 Å². The number of likely N-dealkylation sites (N-methyl/N-ethyl adjacent to an activating group) is 1. The molecule has 0 spiro atoms. The van der Waals surface area contributed by atoms with Crippen molar-refractivity contribution in [1.29, 1.82) is 0 Å². The number of likely N-dealkylation sites (tertiary alicyclic amines) is 1. The molecule has 1 aliphatic heterocycles. The summed E-state index contributed by atoms with van der Waals surface area (Å²) in [7, 11) is 1.85. The van der Waals surface area contributed by atoms with E-state index in [4.69, 9.17) is 12.2 Å². The van der Waals surface area contributed by atoms with Crippen LogP contribution in [0.15, 0.2) is 23.0 Å². The fourth-order valence-electron chi connectivity index (χ4n) is 4.21. The highest BCUT2D eigenvalue weighted by molar-refractivity contribution is 7.80. The summed E-state index contributed by atoms with van der Waals surface area (Å²) in [4.78, 5) is 19.6. The number of thiocarbonyl (C=S) groups is 1. The van der Waals surface area contributed by atoms with E-state index in [1.807, 2.05) is 13.1 Å². The zero-order valence-corrected chi connectivity index (χ0v) is 17.6. The third-order valence-corrected chi connectivity index (χ3v) is 6.48. The van der Waals surface area contributed by atoms with E-state index in [-0.39, 0.29) is 5.56 Å². The van der Waals surface area contributed by atoms with Gasteiger partial charge in [0.15, 0.2) is 5.11 Å². The Bertz CT molecular complexity index is 892. The zero-order valence-electron chi connectivity index (χ0n) is 16.8. The molecule has 1 fully saturated rings. The molecule has 1 aromatic carbocycles. The first-order valence-electron chi connectivity index (χ1n) is 9.88. The summed E-state index contributed by atoms with van der Waals surface area (Å²) in [5, 5.41) is 4.88. The Balaban J connectivity index is 1.89. The Morgan fingerprint density at radius 1 is 1.41 bits per heavy atom. The van der Waals surface area contributed by atoms with Gasteiger partial charge in [-0.1, -0.05) is 12.1 Å². The second kappa shape index (κ2) is 8.40. The van der Waals surface area contributed by atoms with Crippen molar-refractivity contribution in [3.05, 3.63) is 45.2 Å². The maximum absolute atomic E-state index is 12.7. The van der Waals surface area contributed by atoms with Gasteiger partial charge in [0.25, 0.3) is 5.56 Å². The van der Waals surface area contributed by atoms with Crippen LogP contribution in [-0.2, 0) is 6.54 Å². The minimum Gasteiger partial charge on any atom is -0.366 e. The molecular weight excluding hydrogens is 356 g/mol. The third kappa shape index (κ3) is 4.17. The minimum atomic E-state index is -0.0220. The van der Waals surface area contributed by atoms with Gasteiger partial charge in [-0.25, -0.2) is 0 Å². The number of rotatable bonds is 5. The Labute approximate surface area is 166 Å². The van der Waals surface area contributed by atoms with Crippen LogP contribution in [0.4, 0.5) is 0 Å². The van der Waals surface area contributed by atoms with Crippen LogP contribution in [0.3, 0.4) is 0 Å². The van der Waals surface area contributed by atoms with Gasteiger partial charge >= 0.3 is 0 Å². The number of aromatic nitrogens is 1. The molecule has 6 heteroatoms. The largest absolute Gasteiger partial charge is 0.366 e. The summed E-state index contributed by atoms with van der Waals surface area (Å²) in [6.07, 6.45) is 2.49. The first-order chi connectivity index (χ1) is 12.9. The maximum atomic E-state index is 12.7. The molecule has 0 amide bonds. The van der Waals surface area contributed by atoms with Gasteiger partial charge in [0, 0.05) is 25.5 Å². The highest BCUT2D eigenvalue weighted by atomic mass is 32.1. The van der Waals surface area contributed by atoms with E-state index >= 15 is 0 Å². The first-order valence-corrected chi connectivity index (χ1v) is 10.3. The second-order valence-corrected chi connectivity index (χ2v) is 8.02. The number of H-pyrrole nitrogens is 1. The van der Waals surface area contributed by atoms with E-state index in [2.05, 4.69) is 48.1 Å². The third-order valence-electron chi connectivity index (χ3n) is 6.01. The van der Waals surface area contributed by atoms with Crippen LogP contribution in [0.25, 0.3) is 10.9 Å². The summed E-state index contributed by atoms with van der Waals surface area (Å²) in [5.74, 6) is 0. The summed E-state index contributed by atoms with van der Waals surface area (Å²) < 4.78 is 0. The SMILES string of the molecule is CC[NH+]1CCC[C@@H]1CN(Cc1cc2ccc(C)c(C)c2[nH]c1=O)C(=S)NC. The van der Waals surface area contributed by atoms with Crippen LogP contribution in [0, 0.1) is 13.8 Å². The molecule has 0 saturated carbocycles. The topological polar surface area (TPSA) is 52.6 Å². The average molecular weight is 388 g/mol. The number of nitrogens with zero attached hydrogens (tertiary/aromatic N) is 1. The predicted octanol–water partition coefficient (Wildman–Crippen LogP) is 1.52. The normalized spacial score (nSPS) is 19.4. The number of aryl methyl sites for hydroxylation is 2. The number of pyridine rings is 1. The first kappa shape index (κ1) is 19.8. The molecule has 1 saturated heterocycles. The smallest absolute Gasteiger partial charge is 0.253 e. The van der Waals surface area contributed by atoms with Crippen molar-refractivity contribution in [2.45, 2.75) is 46.2 Å². The molecule has 2 atom stereocenters. The van der Waals surface area contributed by atoms with Crippen molar-refractivity contribution in [3.8, 4) is 0 Å². The summed E-state index contributed by atoms with van der Waals surface area (Å²) in [6, 6.07) is 6.78. The number of fused-ring (bicyclic) bond motifs is 1. The molecule has 146 valence electrons. The maximum Gasteiger partial charge on any atom is 0.253 e. The minimum absolute atomic E-state index is 0.0220. The number of aromatic amines is 1. The summed E-state index contributed by atoms with van der Waals surface area (Å²) in [6.45, 7) is 10.2. The van der Waals surface area contributed by atoms with E-state index in [9.17, 15) is 4.79 Å². The predicted molar refractivity (Wildman–Crippen MR) is 116 cm³/mol. The molecule has 3 rings (SSSR count). The van der Waals surface area contributed by atoms with E-state index < -0.39 is 0 Å². The molecule has 0 aliphatic carbocycles. The molecular formula is C21H31N4OS+. The summed E-state index contributed by atoms with van der Waals surface area (Å²) in [5.41, 5.74) is 3.99. The van der Waals surface area contributed by atoms with Crippen LogP contribution < -0.4 is 15.8 Å². The molecule has 27 heavy (non-hydrogen) atoms. The molecule has 1 aromatic heterocycles. The number of hydrogen-bond acceptors (Lipinski definition) is 2. The van der Waals surface area contributed by atoms with Crippen molar-refractivity contribution in [1.82, 2.24) is 15.2 Å². The highest BCUT2D eigenvalue weighted by Crippen LogP contribution is 2.19. The van der Waals surface area contributed by atoms with Crippen LogP contribution in [0.2, 0.25) is 0 Å². The fourth-order valence-corrected chi connectivity index (χ4v) is 4.35. The highest BCUT2D eigenvalue weighted by Gasteiger charge is 2.29. The zero-order chi connectivity index (χ0) is 19.6. The van der Waals surface area contributed by atoms with Crippen molar-refractivity contribution in [2.24, 2.45) is 0 Å². The van der Waals surface area contributed by atoms with Crippen molar-refractivity contribution < 1.29 is 4.90 Å². The average Bonchev–Trinajstić information content (AvgIpc) is 3.12. The van der Waals surface area contributed by atoms with Gasteiger partial charge in [-0.3, -0.25) is 4.79 Å². The Hall–Kier alpha value is -1.92. The molecule has 1 aliphatic rings. The Morgan fingerprint density at radius 3 is 2.89 bits per heavy atom. The summed E-state index contributed by atoms with van der Waals surface area (Å²) >= 11 is 5.56. The van der Waals surface area contributed by atoms with Gasteiger partial charge in [-0.05, 0) is 55.6 Å². The van der Waals surface area contributed by atoms with Crippen LogP contribution in [-0.4, -0.2) is 47.7 Å². The van der Waals surface area contributed by atoms with Crippen molar-refractivity contribution in [3.63, 3.8) is 0 Å². The van der Waals surface area contributed by atoms with Gasteiger partial charge in [0.1, 0.15) is 6.04 Å². The molecule has 5 nitrogen and oxygen atoms in total. The number of hydrogen-bond donors (Lipinski definition) is 3. The second-order valence-electron chi connectivity index (χ2n) is 7.63. The van der Waals surface area contributed by atoms with Crippen LogP contribution in [0.5, 0.6) is 0 Å². The van der Waals surface area contributed by atoms with Gasteiger partial charge in [-0.15, -0.1) is 0 Å². The fraction of sp³-hybridized carbons (Fsp3) is 0.524. The van der Waals surface area contributed by atoms with Gasteiger partial charge in [0.2, 0.25) is 0 Å². The van der Waals surface area contributed by atoms with E-state index in [0.29, 0.717) is 17.7 Å². The van der Waals surface area contributed by atoms with Gasteiger partial charge in [-0.2, -0.15) is 0 Å². The Morgan fingerprint density at radius 2 is 2.19 bits per heavy atom. The molecule has 2 aromatic rings. The number of quaternary nitrogens is 1. The van der Waals surface area contributed by atoms with E-state index in [1.165, 1.54) is 24.9 Å². The van der Waals surface area contributed by atoms with E-state index in [0.717, 1.165) is 35.1 Å². The van der Waals surface area contributed by atoms with Crippen molar-refractivity contribution >= 4 is 28.2 Å². The lowest BCUT2D eigenvalue weighted by Crippen LogP contribution is -3.14. The monoisotopic (exact) mass is 387 g/mol. The standard InChI is InChI=1S/C21H30N4OS/c1-5-24-10-6-7-18(24)13-25(21(27)22-4)12-17-11-16-9-8-14(2)15(3)19(16)23-20(17)26/h8-9,11,18H,5-7,10,12-13H2,1-4H3,(H,22,27)(H,23,26)/p+1/t18-/m1/s1. The molecule has 3 N–H and O–H groups in total. The lowest BCUT2D eigenvalue weighted by atomic mass is 10.0. The molecule has 2 heterocycles. The molecule has 0 radical (unpaired) electrons. The van der Waals surface area contributed by atoms with Crippen molar-refractivity contribution in [2.75, 3.05) is 26.7 Å². The molecule has 1 unspecified atom stereocenters. The number of nitrogens with one attached hydrogen (secondary N) is 3. The number of benzene rings is 1. The quantitative estimate of drug-likeness (QED) is 0.681. The van der Waals surface area contributed by atoms with Gasteiger partial charge in [0.05, 0.1) is 31.7 Å². The van der Waals surface area contributed by atoms with E-state index in [1.54, 1.807) is 4.90 Å². The van der Waals surface area contributed by atoms with Gasteiger partial charge < -0.3 is 20.1 Å².